The molecule has 0 amide bonds. The Morgan fingerprint density at radius 3 is 3.00 bits per heavy atom. The van der Waals surface area contributed by atoms with Crippen LogP contribution in [-0.2, 0) is 4.79 Å². The summed E-state index contributed by atoms with van der Waals surface area (Å²) >= 11 is 0. The lowest BCUT2D eigenvalue weighted by atomic mass is 10.0. The zero-order valence-electron chi connectivity index (χ0n) is 7.98. The summed E-state index contributed by atoms with van der Waals surface area (Å²) in [6.45, 7) is 1.54. The van der Waals surface area contributed by atoms with Gasteiger partial charge in [0.15, 0.2) is 0 Å². The lowest BCUT2D eigenvalue weighted by Crippen LogP contribution is -2.12. The highest BCUT2D eigenvalue weighted by Gasteiger charge is 2.19. The van der Waals surface area contributed by atoms with Gasteiger partial charge in [0.25, 0.3) is 5.56 Å². The number of furan rings is 1. The van der Waals surface area contributed by atoms with E-state index >= 15 is 0 Å². The van der Waals surface area contributed by atoms with Crippen LogP contribution in [-0.4, -0.2) is 16.1 Å². The molecule has 5 nitrogen and oxygen atoms in total. The Bertz CT molecular complexity index is 566. The van der Waals surface area contributed by atoms with Gasteiger partial charge in [0.1, 0.15) is 5.58 Å². The zero-order chi connectivity index (χ0) is 11.0. The lowest BCUT2D eigenvalue weighted by molar-refractivity contribution is -0.138. The van der Waals surface area contributed by atoms with Crippen molar-refractivity contribution in [1.29, 1.82) is 0 Å². The number of carboxylic acids is 1. The van der Waals surface area contributed by atoms with Crippen LogP contribution in [0.15, 0.2) is 27.7 Å². The molecule has 2 heterocycles. The number of pyridine rings is 1. The maximum atomic E-state index is 11.3. The fraction of sp³-hybridized carbons (Fsp3) is 0.200. The zero-order valence-corrected chi connectivity index (χ0v) is 7.98. The summed E-state index contributed by atoms with van der Waals surface area (Å²) in [4.78, 5) is 24.6. The molecular formula is C10H9NO4. The first-order valence-electron chi connectivity index (χ1n) is 4.43. The van der Waals surface area contributed by atoms with Crippen LogP contribution in [0, 0.1) is 0 Å². The van der Waals surface area contributed by atoms with Crippen molar-refractivity contribution in [3.8, 4) is 0 Å². The van der Waals surface area contributed by atoms with E-state index in [0.29, 0.717) is 16.5 Å². The average Bonchev–Trinajstić information content (AvgIpc) is 2.66. The third-order valence-electron chi connectivity index (χ3n) is 2.37. The number of hydrogen-bond donors (Lipinski definition) is 2. The largest absolute Gasteiger partial charge is 0.481 e. The van der Waals surface area contributed by atoms with Crippen molar-refractivity contribution in [3.63, 3.8) is 0 Å². The van der Waals surface area contributed by atoms with Crippen molar-refractivity contribution in [2.75, 3.05) is 0 Å². The van der Waals surface area contributed by atoms with Gasteiger partial charge in [-0.15, -0.1) is 0 Å². The Morgan fingerprint density at radius 1 is 1.60 bits per heavy atom. The number of aromatic nitrogens is 1. The van der Waals surface area contributed by atoms with Crippen LogP contribution in [0.3, 0.4) is 0 Å². The Labute approximate surface area is 84.3 Å². The van der Waals surface area contributed by atoms with Crippen LogP contribution in [0.2, 0.25) is 0 Å². The molecule has 78 valence electrons. The highest BCUT2D eigenvalue weighted by Crippen LogP contribution is 2.23. The number of carboxylic acid groups (broad SMARTS) is 1. The number of H-pyrrole nitrogens is 1. The van der Waals surface area contributed by atoms with Crippen molar-refractivity contribution in [3.05, 3.63) is 34.4 Å². The summed E-state index contributed by atoms with van der Waals surface area (Å²) in [6, 6.07) is 1.52. The average molecular weight is 207 g/mol. The van der Waals surface area contributed by atoms with Crippen molar-refractivity contribution in [2.45, 2.75) is 12.8 Å². The SMILES string of the molecule is CC(C(=O)O)c1c[nH]c(=O)c2ccoc12. The molecule has 0 saturated heterocycles. The predicted octanol–water partition coefficient (Wildman–Crippen LogP) is 1.31. The van der Waals surface area contributed by atoms with Crippen LogP contribution in [0.1, 0.15) is 18.4 Å². The number of aromatic amines is 1. The van der Waals surface area contributed by atoms with Crippen LogP contribution in [0.4, 0.5) is 0 Å². The van der Waals surface area contributed by atoms with Gasteiger partial charge in [-0.3, -0.25) is 9.59 Å². The molecule has 0 bridgehead atoms. The minimum atomic E-state index is -0.959. The molecule has 2 N–H and O–H groups in total. The quantitative estimate of drug-likeness (QED) is 0.777. The highest BCUT2D eigenvalue weighted by molar-refractivity contribution is 5.85. The first-order valence-corrected chi connectivity index (χ1v) is 4.43. The summed E-state index contributed by atoms with van der Waals surface area (Å²) in [5.41, 5.74) is 0.538. The smallest absolute Gasteiger partial charge is 0.310 e. The molecule has 2 rings (SSSR count). The van der Waals surface area contributed by atoms with Gasteiger partial charge in [-0.1, -0.05) is 0 Å². The molecule has 2 aromatic rings. The number of nitrogens with one attached hydrogen (secondary N) is 1. The molecule has 0 aliphatic carbocycles. The van der Waals surface area contributed by atoms with Crippen molar-refractivity contribution < 1.29 is 14.3 Å². The number of rotatable bonds is 2. The Kier molecular flexibility index (Phi) is 2.07. The normalized spacial score (nSPS) is 12.9. The van der Waals surface area contributed by atoms with Crippen LogP contribution < -0.4 is 5.56 Å². The van der Waals surface area contributed by atoms with E-state index in [-0.39, 0.29) is 5.56 Å². The molecule has 5 heteroatoms. The second-order valence-corrected chi connectivity index (χ2v) is 3.30. The molecule has 1 unspecified atom stereocenters. The van der Waals surface area contributed by atoms with Crippen LogP contribution in [0.25, 0.3) is 11.0 Å². The Morgan fingerprint density at radius 2 is 2.33 bits per heavy atom. The molecule has 0 aliphatic heterocycles. The van der Waals surface area contributed by atoms with Crippen LogP contribution in [0.5, 0.6) is 0 Å². The topological polar surface area (TPSA) is 83.3 Å². The number of aliphatic carboxylic acids is 1. The summed E-state index contributed by atoms with van der Waals surface area (Å²) in [5.74, 6) is -1.67. The van der Waals surface area contributed by atoms with E-state index in [2.05, 4.69) is 4.98 Å². The van der Waals surface area contributed by atoms with Gasteiger partial charge in [0, 0.05) is 11.8 Å². The fourth-order valence-electron chi connectivity index (χ4n) is 1.45. The van der Waals surface area contributed by atoms with Gasteiger partial charge < -0.3 is 14.5 Å². The molecule has 0 spiro atoms. The minimum absolute atomic E-state index is 0.278. The van der Waals surface area contributed by atoms with E-state index in [1.165, 1.54) is 25.5 Å². The maximum absolute atomic E-state index is 11.3. The van der Waals surface area contributed by atoms with Gasteiger partial charge in [0.2, 0.25) is 0 Å². The Balaban J connectivity index is 2.72. The monoisotopic (exact) mass is 207 g/mol. The second-order valence-electron chi connectivity index (χ2n) is 3.30. The van der Waals surface area contributed by atoms with Gasteiger partial charge in [-0.25, -0.2) is 0 Å². The molecule has 0 radical (unpaired) electrons. The summed E-state index contributed by atoms with van der Waals surface area (Å²) in [7, 11) is 0. The molecular weight excluding hydrogens is 198 g/mol. The second kappa shape index (κ2) is 3.27. The van der Waals surface area contributed by atoms with Crippen LogP contribution >= 0.6 is 0 Å². The first-order chi connectivity index (χ1) is 7.11. The maximum Gasteiger partial charge on any atom is 0.310 e. The third kappa shape index (κ3) is 1.41. The highest BCUT2D eigenvalue weighted by atomic mass is 16.4. The van der Waals surface area contributed by atoms with Crippen molar-refractivity contribution >= 4 is 16.9 Å². The standard InChI is InChI=1S/C10H9NO4/c1-5(10(13)14)7-4-11-9(12)6-2-3-15-8(6)7/h2-5H,1H3,(H,11,12)(H,13,14). The van der Waals surface area contributed by atoms with E-state index in [4.69, 9.17) is 9.52 Å². The predicted molar refractivity (Wildman–Crippen MR) is 52.9 cm³/mol. The summed E-state index contributed by atoms with van der Waals surface area (Å²) in [6.07, 6.45) is 2.75. The Hall–Kier alpha value is -2.04. The summed E-state index contributed by atoms with van der Waals surface area (Å²) < 4.78 is 5.12. The minimum Gasteiger partial charge on any atom is -0.481 e. The molecule has 15 heavy (non-hydrogen) atoms. The molecule has 0 saturated carbocycles. The first kappa shape index (κ1) is 9.51. The third-order valence-corrected chi connectivity index (χ3v) is 2.37. The molecule has 0 aromatic carbocycles. The van der Waals surface area contributed by atoms with E-state index in [1.807, 2.05) is 0 Å². The van der Waals surface area contributed by atoms with Crippen molar-refractivity contribution in [2.24, 2.45) is 0 Å². The van der Waals surface area contributed by atoms with Gasteiger partial charge in [0.05, 0.1) is 17.6 Å². The van der Waals surface area contributed by atoms with Gasteiger partial charge >= 0.3 is 5.97 Å². The van der Waals surface area contributed by atoms with E-state index in [9.17, 15) is 9.59 Å². The van der Waals surface area contributed by atoms with Gasteiger partial charge in [-0.2, -0.15) is 0 Å². The molecule has 0 aliphatic rings. The van der Waals surface area contributed by atoms with E-state index < -0.39 is 11.9 Å². The number of hydrogen-bond acceptors (Lipinski definition) is 3. The molecule has 2 aromatic heterocycles. The fourth-order valence-corrected chi connectivity index (χ4v) is 1.45. The number of fused-ring (bicyclic) bond motifs is 1. The van der Waals surface area contributed by atoms with E-state index in [0.717, 1.165) is 0 Å². The lowest BCUT2D eigenvalue weighted by Gasteiger charge is -2.05. The van der Waals surface area contributed by atoms with E-state index in [1.54, 1.807) is 0 Å². The van der Waals surface area contributed by atoms with Gasteiger partial charge in [-0.05, 0) is 13.0 Å². The number of carbonyl (C=O) groups is 1. The molecule has 0 fully saturated rings. The van der Waals surface area contributed by atoms with Crippen molar-refractivity contribution in [1.82, 2.24) is 4.98 Å². The summed E-state index contributed by atoms with van der Waals surface area (Å²) in [5, 5.41) is 9.24. The molecule has 1 atom stereocenters.